The van der Waals surface area contributed by atoms with Crippen LogP contribution in [0.25, 0.3) is 0 Å². The molecule has 18 heavy (non-hydrogen) atoms. The molecule has 0 saturated carbocycles. The van der Waals surface area contributed by atoms with Crippen LogP contribution in [0, 0.1) is 6.92 Å². The van der Waals surface area contributed by atoms with Crippen molar-refractivity contribution in [2.75, 3.05) is 0 Å². The molecule has 1 aromatic carbocycles. The lowest BCUT2D eigenvalue weighted by Crippen LogP contribution is -2.11. The van der Waals surface area contributed by atoms with Crippen molar-refractivity contribution >= 4 is 5.97 Å². The lowest BCUT2D eigenvalue weighted by atomic mass is 10.1. The number of aryl methyl sites for hydroxylation is 1. The van der Waals surface area contributed by atoms with Crippen LogP contribution in [0.4, 0.5) is 0 Å². The second-order valence-corrected chi connectivity index (χ2v) is 4.14. The Hall–Kier alpha value is -2.10. The highest BCUT2D eigenvalue weighted by Crippen LogP contribution is 2.17. The van der Waals surface area contributed by atoms with E-state index in [0.717, 1.165) is 16.8 Å². The first kappa shape index (κ1) is 12.4. The summed E-state index contributed by atoms with van der Waals surface area (Å²) < 4.78 is 10.1. The molecule has 4 nitrogen and oxygen atoms in total. The summed E-state index contributed by atoms with van der Waals surface area (Å²) in [4.78, 5) is 11.8. The summed E-state index contributed by atoms with van der Waals surface area (Å²) in [6.07, 6.45) is 1.41. The Morgan fingerprint density at radius 3 is 2.72 bits per heavy atom. The number of hydrogen-bond donors (Lipinski definition) is 0. The van der Waals surface area contributed by atoms with Crippen molar-refractivity contribution in [3.05, 3.63) is 53.4 Å². The maximum atomic E-state index is 11.8. The summed E-state index contributed by atoms with van der Waals surface area (Å²) in [6, 6.07) is 9.64. The topological polar surface area (TPSA) is 52.3 Å². The highest BCUT2D eigenvalue weighted by molar-refractivity contribution is 5.73. The number of carbonyl (C=O) groups is 1. The fourth-order valence-electron chi connectivity index (χ4n) is 1.67. The molecule has 0 fully saturated rings. The van der Waals surface area contributed by atoms with Crippen molar-refractivity contribution in [3.63, 3.8) is 0 Å². The van der Waals surface area contributed by atoms with Crippen LogP contribution in [-0.2, 0) is 16.0 Å². The smallest absolute Gasteiger partial charge is 0.311 e. The number of rotatable bonds is 4. The zero-order chi connectivity index (χ0) is 13.0. The molecule has 0 bridgehead atoms. The molecule has 0 aliphatic heterocycles. The molecule has 0 aliphatic rings. The molecule has 0 radical (unpaired) electrons. The largest absolute Gasteiger partial charge is 0.458 e. The molecule has 1 aromatic heterocycles. The van der Waals surface area contributed by atoms with Gasteiger partial charge in [0.25, 0.3) is 0 Å². The molecule has 94 valence electrons. The van der Waals surface area contributed by atoms with Crippen LogP contribution in [0.5, 0.6) is 0 Å². The van der Waals surface area contributed by atoms with Crippen molar-refractivity contribution in [2.45, 2.75) is 26.4 Å². The minimum Gasteiger partial charge on any atom is -0.458 e. The predicted octanol–water partition coefficient (Wildman–Crippen LogP) is 2.83. The van der Waals surface area contributed by atoms with E-state index >= 15 is 0 Å². The van der Waals surface area contributed by atoms with E-state index in [0.29, 0.717) is 0 Å². The van der Waals surface area contributed by atoms with E-state index in [1.165, 1.54) is 6.26 Å². The van der Waals surface area contributed by atoms with Gasteiger partial charge >= 0.3 is 5.97 Å². The van der Waals surface area contributed by atoms with Crippen molar-refractivity contribution in [1.82, 2.24) is 5.16 Å². The zero-order valence-electron chi connectivity index (χ0n) is 10.4. The van der Waals surface area contributed by atoms with E-state index in [4.69, 9.17) is 9.26 Å². The van der Waals surface area contributed by atoms with E-state index in [1.54, 1.807) is 6.92 Å². The summed E-state index contributed by atoms with van der Waals surface area (Å²) in [5.41, 5.74) is 2.47. The number of carbonyl (C=O) groups excluding carboxylic acids is 1. The molecule has 0 unspecified atom stereocenters. The number of nitrogens with zero attached hydrogens (tertiary/aromatic N) is 1. The molecule has 0 spiro atoms. The fourth-order valence-corrected chi connectivity index (χ4v) is 1.67. The maximum Gasteiger partial charge on any atom is 0.311 e. The van der Waals surface area contributed by atoms with Gasteiger partial charge in [-0.3, -0.25) is 4.79 Å². The van der Waals surface area contributed by atoms with Crippen LogP contribution in [0.15, 0.2) is 41.1 Å². The van der Waals surface area contributed by atoms with Crippen molar-refractivity contribution < 1.29 is 14.1 Å². The Labute approximate surface area is 106 Å². The molecule has 2 aromatic rings. The Balaban J connectivity index is 1.94. The van der Waals surface area contributed by atoms with Crippen LogP contribution in [0.1, 0.15) is 29.8 Å². The Morgan fingerprint density at radius 1 is 1.39 bits per heavy atom. The quantitative estimate of drug-likeness (QED) is 0.777. The normalized spacial score (nSPS) is 12.1. The fraction of sp³-hybridized carbons (Fsp3) is 0.286. The zero-order valence-corrected chi connectivity index (χ0v) is 10.4. The van der Waals surface area contributed by atoms with Gasteiger partial charge in [-0.2, -0.15) is 0 Å². The van der Waals surface area contributed by atoms with Crippen molar-refractivity contribution in [3.8, 4) is 0 Å². The summed E-state index contributed by atoms with van der Waals surface area (Å²) in [5.74, 6) is -0.280. The first-order chi connectivity index (χ1) is 8.66. The summed E-state index contributed by atoms with van der Waals surface area (Å²) in [5, 5.41) is 3.72. The van der Waals surface area contributed by atoms with E-state index < -0.39 is 0 Å². The van der Waals surface area contributed by atoms with Gasteiger partial charge in [-0.25, -0.2) is 0 Å². The standard InChI is InChI=1S/C14H15NO3/c1-10-13(9-17-15-10)8-14(16)18-11(2)12-6-4-3-5-7-12/h3-7,9,11H,8H2,1-2H3/t11-/m1/s1. The molecule has 1 heterocycles. The first-order valence-electron chi connectivity index (χ1n) is 5.81. The van der Waals surface area contributed by atoms with Gasteiger partial charge in [-0.05, 0) is 19.4 Å². The highest BCUT2D eigenvalue weighted by Gasteiger charge is 2.14. The molecule has 2 rings (SSSR count). The molecule has 0 N–H and O–H groups in total. The van der Waals surface area contributed by atoms with Gasteiger partial charge in [-0.1, -0.05) is 35.5 Å². The van der Waals surface area contributed by atoms with Gasteiger partial charge in [0.2, 0.25) is 0 Å². The van der Waals surface area contributed by atoms with Gasteiger partial charge in [0, 0.05) is 5.56 Å². The average molecular weight is 245 g/mol. The maximum absolute atomic E-state index is 11.8. The van der Waals surface area contributed by atoms with Gasteiger partial charge < -0.3 is 9.26 Å². The highest BCUT2D eigenvalue weighted by atomic mass is 16.5. The lowest BCUT2D eigenvalue weighted by Gasteiger charge is -2.13. The van der Waals surface area contributed by atoms with Crippen LogP contribution in [0.3, 0.4) is 0 Å². The number of aromatic nitrogens is 1. The summed E-state index contributed by atoms with van der Waals surface area (Å²) in [7, 11) is 0. The van der Waals surface area contributed by atoms with Gasteiger partial charge in [0.15, 0.2) is 0 Å². The van der Waals surface area contributed by atoms with Crippen molar-refractivity contribution in [1.29, 1.82) is 0 Å². The van der Waals surface area contributed by atoms with E-state index in [2.05, 4.69) is 5.16 Å². The van der Waals surface area contributed by atoms with E-state index in [9.17, 15) is 4.79 Å². The van der Waals surface area contributed by atoms with Crippen molar-refractivity contribution in [2.24, 2.45) is 0 Å². The Kier molecular flexibility index (Phi) is 3.77. The van der Waals surface area contributed by atoms with Crippen LogP contribution in [0.2, 0.25) is 0 Å². The lowest BCUT2D eigenvalue weighted by molar-refractivity contribution is -0.147. The van der Waals surface area contributed by atoms with E-state index in [-0.39, 0.29) is 18.5 Å². The van der Waals surface area contributed by atoms with Crippen LogP contribution < -0.4 is 0 Å². The second-order valence-electron chi connectivity index (χ2n) is 4.14. The molecular weight excluding hydrogens is 230 g/mol. The minimum atomic E-state index is -0.280. The number of benzene rings is 1. The molecule has 0 aliphatic carbocycles. The predicted molar refractivity (Wildman–Crippen MR) is 65.9 cm³/mol. The molecule has 0 amide bonds. The average Bonchev–Trinajstić information content (AvgIpc) is 2.76. The molecular formula is C14H15NO3. The number of ether oxygens (including phenoxy) is 1. The summed E-state index contributed by atoms with van der Waals surface area (Å²) in [6.45, 7) is 3.65. The van der Waals surface area contributed by atoms with Gasteiger partial charge in [-0.15, -0.1) is 0 Å². The third-order valence-electron chi connectivity index (χ3n) is 2.76. The van der Waals surface area contributed by atoms with E-state index in [1.807, 2.05) is 37.3 Å². The minimum absolute atomic E-state index is 0.187. The monoisotopic (exact) mass is 245 g/mol. The molecule has 0 saturated heterocycles. The molecule has 4 heteroatoms. The van der Waals surface area contributed by atoms with Gasteiger partial charge in [0.1, 0.15) is 12.4 Å². The third kappa shape index (κ3) is 2.97. The number of hydrogen-bond acceptors (Lipinski definition) is 4. The Morgan fingerprint density at radius 2 is 2.11 bits per heavy atom. The van der Waals surface area contributed by atoms with Gasteiger partial charge in [0.05, 0.1) is 12.1 Å². The SMILES string of the molecule is Cc1nocc1CC(=O)O[C@H](C)c1ccccc1. The second kappa shape index (κ2) is 5.49. The first-order valence-corrected chi connectivity index (χ1v) is 5.81. The Bertz CT molecular complexity index is 519. The summed E-state index contributed by atoms with van der Waals surface area (Å²) >= 11 is 0. The number of esters is 1. The third-order valence-corrected chi connectivity index (χ3v) is 2.76. The van der Waals surface area contributed by atoms with Crippen LogP contribution in [-0.4, -0.2) is 11.1 Å². The molecule has 1 atom stereocenters. The van der Waals surface area contributed by atoms with Crippen LogP contribution >= 0.6 is 0 Å².